The molecule has 18 heavy (non-hydrogen) atoms. The molecule has 1 aliphatic rings. The van der Waals surface area contributed by atoms with Crippen LogP contribution in [-0.4, -0.2) is 11.1 Å². The minimum Gasteiger partial charge on any atom is -0.481 e. The summed E-state index contributed by atoms with van der Waals surface area (Å²) in [5.74, 6) is -2.83. The highest BCUT2D eigenvalue weighted by atomic mass is 19.2. The SMILES string of the molecule is O=C(O)C1CCCCC1Cc1ccc(F)c(F)c1. The van der Waals surface area contributed by atoms with Crippen molar-refractivity contribution in [2.45, 2.75) is 32.1 Å². The van der Waals surface area contributed by atoms with Crippen molar-refractivity contribution < 1.29 is 18.7 Å². The minimum absolute atomic E-state index is 0.0288. The van der Waals surface area contributed by atoms with Crippen LogP contribution in [0.2, 0.25) is 0 Å². The van der Waals surface area contributed by atoms with E-state index in [9.17, 15) is 13.6 Å². The first-order valence-electron chi connectivity index (χ1n) is 6.24. The maximum Gasteiger partial charge on any atom is 0.306 e. The Hall–Kier alpha value is -1.45. The summed E-state index contributed by atoms with van der Waals surface area (Å²) in [7, 11) is 0. The van der Waals surface area contributed by atoms with Crippen molar-refractivity contribution in [1.82, 2.24) is 0 Å². The molecule has 2 nitrogen and oxygen atoms in total. The third kappa shape index (κ3) is 2.86. The summed E-state index contributed by atoms with van der Waals surface area (Å²) in [5.41, 5.74) is 0.673. The lowest BCUT2D eigenvalue weighted by Gasteiger charge is -2.28. The van der Waals surface area contributed by atoms with E-state index in [0.717, 1.165) is 25.3 Å². The molecule has 1 aromatic carbocycles. The molecule has 1 aliphatic carbocycles. The zero-order valence-corrected chi connectivity index (χ0v) is 10.0. The first kappa shape index (κ1) is 13.0. The number of rotatable bonds is 3. The third-order valence-corrected chi connectivity index (χ3v) is 3.71. The Bertz CT molecular complexity index is 445. The molecule has 1 N–H and O–H groups in total. The fourth-order valence-corrected chi connectivity index (χ4v) is 2.75. The van der Waals surface area contributed by atoms with Crippen LogP contribution in [0.1, 0.15) is 31.2 Å². The smallest absolute Gasteiger partial charge is 0.306 e. The molecule has 0 aromatic heterocycles. The molecule has 0 spiro atoms. The van der Waals surface area contributed by atoms with Gasteiger partial charge in [0.05, 0.1) is 5.92 Å². The van der Waals surface area contributed by atoms with Crippen LogP contribution in [0.4, 0.5) is 8.78 Å². The van der Waals surface area contributed by atoms with Gasteiger partial charge in [-0.1, -0.05) is 18.9 Å². The Labute approximate surface area is 105 Å². The van der Waals surface area contributed by atoms with Gasteiger partial charge < -0.3 is 5.11 Å². The van der Waals surface area contributed by atoms with E-state index >= 15 is 0 Å². The molecule has 0 bridgehead atoms. The second-order valence-electron chi connectivity index (χ2n) is 4.94. The average molecular weight is 254 g/mol. The molecule has 98 valence electrons. The van der Waals surface area contributed by atoms with Crippen LogP contribution in [0.15, 0.2) is 18.2 Å². The maximum absolute atomic E-state index is 13.1. The first-order valence-corrected chi connectivity index (χ1v) is 6.24. The fraction of sp³-hybridized carbons (Fsp3) is 0.500. The summed E-state index contributed by atoms with van der Waals surface area (Å²) in [6.07, 6.45) is 3.98. The van der Waals surface area contributed by atoms with Gasteiger partial charge in [-0.25, -0.2) is 8.78 Å². The predicted octanol–water partition coefficient (Wildman–Crippen LogP) is 3.40. The van der Waals surface area contributed by atoms with Crippen LogP contribution in [-0.2, 0) is 11.2 Å². The lowest BCUT2D eigenvalue weighted by molar-refractivity contribution is -0.144. The van der Waals surface area contributed by atoms with Gasteiger partial charge in [0.25, 0.3) is 0 Å². The van der Waals surface area contributed by atoms with E-state index in [1.54, 1.807) is 0 Å². The summed E-state index contributed by atoms with van der Waals surface area (Å²) < 4.78 is 25.9. The molecular formula is C14H16F2O2. The summed E-state index contributed by atoms with van der Waals surface area (Å²) >= 11 is 0. The number of carbonyl (C=O) groups is 1. The minimum atomic E-state index is -0.866. The van der Waals surface area contributed by atoms with Crippen LogP contribution >= 0.6 is 0 Å². The van der Waals surface area contributed by atoms with Crippen molar-refractivity contribution in [2.75, 3.05) is 0 Å². The van der Waals surface area contributed by atoms with Crippen molar-refractivity contribution in [3.63, 3.8) is 0 Å². The highest BCUT2D eigenvalue weighted by Crippen LogP contribution is 2.33. The number of hydrogen-bond acceptors (Lipinski definition) is 1. The van der Waals surface area contributed by atoms with Gasteiger partial charge in [-0.15, -0.1) is 0 Å². The van der Waals surface area contributed by atoms with E-state index in [2.05, 4.69) is 0 Å². The van der Waals surface area contributed by atoms with Gasteiger partial charge in [0.1, 0.15) is 0 Å². The number of hydrogen-bond donors (Lipinski definition) is 1. The Morgan fingerprint density at radius 2 is 1.94 bits per heavy atom. The zero-order valence-electron chi connectivity index (χ0n) is 10.0. The van der Waals surface area contributed by atoms with Crippen LogP contribution in [0.25, 0.3) is 0 Å². The van der Waals surface area contributed by atoms with E-state index in [1.165, 1.54) is 12.1 Å². The largest absolute Gasteiger partial charge is 0.481 e. The predicted molar refractivity (Wildman–Crippen MR) is 63.1 cm³/mol. The second-order valence-corrected chi connectivity index (χ2v) is 4.94. The maximum atomic E-state index is 13.1. The zero-order chi connectivity index (χ0) is 13.1. The number of halogens is 2. The molecule has 1 saturated carbocycles. The van der Waals surface area contributed by atoms with Crippen molar-refractivity contribution in [1.29, 1.82) is 0 Å². The monoisotopic (exact) mass is 254 g/mol. The average Bonchev–Trinajstić information content (AvgIpc) is 2.34. The molecule has 4 heteroatoms. The first-order chi connectivity index (χ1) is 8.58. The molecule has 0 aliphatic heterocycles. The quantitative estimate of drug-likeness (QED) is 0.897. The third-order valence-electron chi connectivity index (χ3n) is 3.71. The fourth-order valence-electron chi connectivity index (χ4n) is 2.75. The molecule has 2 unspecified atom stereocenters. The number of carboxylic acids is 1. The van der Waals surface area contributed by atoms with Gasteiger partial charge in [0.15, 0.2) is 11.6 Å². The van der Waals surface area contributed by atoms with Crippen molar-refractivity contribution in [3.8, 4) is 0 Å². The lowest BCUT2D eigenvalue weighted by Crippen LogP contribution is -2.28. The van der Waals surface area contributed by atoms with Crippen molar-refractivity contribution in [2.24, 2.45) is 11.8 Å². The number of carboxylic acid groups (broad SMARTS) is 1. The summed E-state index contributed by atoms with van der Waals surface area (Å²) in [6, 6.07) is 3.80. The van der Waals surface area contributed by atoms with Gasteiger partial charge in [-0.2, -0.15) is 0 Å². The molecular weight excluding hydrogens is 238 g/mol. The van der Waals surface area contributed by atoms with Crippen LogP contribution in [0, 0.1) is 23.5 Å². The number of benzene rings is 1. The van der Waals surface area contributed by atoms with E-state index in [4.69, 9.17) is 5.11 Å². The molecule has 0 heterocycles. The summed E-state index contributed by atoms with van der Waals surface area (Å²) in [4.78, 5) is 11.1. The van der Waals surface area contributed by atoms with Crippen LogP contribution < -0.4 is 0 Å². The molecule has 1 fully saturated rings. The topological polar surface area (TPSA) is 37.3 Å². The lowest BCUT2D eigenvalue weighted by atomic mass is 9.76. The Morgan fingerprint density at radius 1 is 1.22 bits per heavy atom. The summed E-state index contributed by atoms with van der Waals surface area (Å²) in [6.45, 7) is 0. The van der Waals surface area contributed by atoms with E-state index in [-0.39, 0.29) is 11.8 Å². The standard InChI is InChI=1S/C14H16F2O2/c15-12-6-5-9(8-13(12)16)7-10-3-1-2-4-11(10)14(17)18/h5-6,8,10-11H,1-4,7H2,(H,17,18). The van der Waals surface area contributed by atoms with Crippen LogP contribution in [0.3, 0.4) is 0 Å². The summed E-state index contributed by atoms with van der Waals surface area (Å²) in [5, 5.41) is 9.15. The van der Waals surface area contributed by atoms with E-state index in [1.807, 2.05) is 0 Å². The second kappa shape index (κ2) is 5.46. The molecule has 0 amide bonds. The Morgan fingerprint density at radius 3 is 2.61 bits per heavy atom. The molecule has 0 saturated heterocycles. The Balaban J connectivity index is 2.10. The van der Waals surface area contributed by atoms with Crippen molar-refractivity contribution in [3.05, 3.63) is 35.4 Å². The molecule has 2 atom stereocenters. The van der Waals surface area contributed by atoms with Crippen LogP contribution in [0.5, 0.6) is 0 Å². The highest BCUT2D eigenvalue weighted by molar-refractivity contribution is 5.70. The van der Waals surface area contributed by atoms with E-state index < -0.39 is 17.6 Å². The van der Waals surface area contributed by atoms with Gasteiger partial charge >= 0.3 is 5.97 Å². The molecule has 2 rings (SSSR count). The molecule has 0 radical (unpaired) electrons. The molecule has 1 aromatic rings. The van der Waals surface area contributed by atoms with E-state index in [0.29, 0.717) is 18.4 Å². The van der Waals surface area contributed by atoms with Gasteiger partial charge in [-0.05, 0) is 42.9 Å². The Kier molecular flexibility index (Phi) is 3.94. The van der Waals surface area contributed by atoms with Gasteiger partial charge in [0.2, 0.25) is 0 Å². The highest BCUT2D eigenvalue weighted by Gasteiger charge is 2.30. The van der Waals surface area contributed by atoms with Crippen molar-refractivity contribution >= 4 is 5.97 Å². The van der Waals surface area contributed by atoms with Gasteiger partial charge in [0, 0.05) is 0 Å². The normalized spacial score (nSPS) is 23.9. The number of aliphatic carboxylic acids is 1. The van der Waals surface area contributed by atoms with Gasteiger partial charge in [-0.3, -0.25) is 4.79 Å².